The molecule has 2 aliphatic carbocycles. The van der Waals surface area contributed by atoms with Crippen molar-refractivity contribution in [1.29, 1.82) is 0 Å². The average molecular weight is 568 g/mol. The number of carbonyl (C=O) groups excluding carboxylic acids is 3. The van der Waals surface area contributed by atoms with E-state index in [1.807, 2.05) is 42.8 Å². The first kappa shape index (κ1) is 26.0. The van der Waals surface area contributed by atoms with Crippen LogP contribution in [0.4, 0.5) is 16.3 Å². The molecule has 5 heterocycles. The third kappa shape index (κ3) is 4.80. The summed E-state index contributed by atoms with van der Waals surface area (Å²) in [6.45, 7) is 3.73. The first-order valence-corrected chi connectivity index (χ1v) is 14.0. The van der Waals surface area contributed by atoms with Crippen molar-refractivity contribution in [1.82, 2.24) is 34.4 Å². The summed E-state index contributed by atoms with van der Waals surface area (Å²) in [7, 11) is 1.49. The number of aromatic nitrogens is 6. The van der Waals surface area contributed by atoms with Crippen LogP contribution >= 0.6 is 0 Å². The summed E-state index contributed by atoms with van der Waals surface area (Å²) in [5, 5.41) is 10.9. The number of aryl methyl sites for hydroxylation is 1. The van der Waals surface area contributed by atoms with Gasteiger partial charge in [0.15, 0.2) is 11.5 Å². The van der Waals surface area contributed by atoms with Gasteiger partial charge in [-0.05, 0) is 56.7 Å². The van der Waals surface area contributed by atoms with Crippen molar-refractivity contribution in [3.05, 3.63) is 65.8 Å². The first-order chi connectivity index (χ1) is 20.2. The molecule has 2 saturated carbocycles. The highest BCUT2D eigenvalue weighted by Crippen LogP contribution is 2.46. The minimum atomic E-state index is -0.486. The molecule has 3 fully saturated rings. The molecule has 13 nitrogen and oxygen atoms in total. The molecule has 4 aromatic rings. The minimum Gasteiger partial charge on any atom is -0.483 e. The number of anilines is 2. The summed E-state index contributed by atoms with van der Waals surface area (Å²) in [6, 6.07) is 5.05. The number of nitrogens with zero attached hydrogens (tertiary/aromatic N) is 8. The number of hydrogen-bond acceptors (Lipinski definition) is 9. The molecule has 4 aromatic heterocycles. The molecule has 3 atom stereocenters. The number of ether oxygens (including phenoxy) is 1. The van der Waals surface area contributed by atoms with Crippen molar-refractivity contribution in [2.24, 2.45) is 5.92 Å². The molecule has 7 rings (SSSR count). The van der Waals surface area contributed by atoms with Crippen molar-refractivity contribution in [2.75, 3.05) is 23.8 Å². The van der Waals surface area contributed by atoms with Gasteiger partial charge in [0.1, 0.15) is 24.2 Å². The molecular formula is C29H29N9O4. The highest BCUT2D eigenvalue weighted by molar-refractivity contribution is 6.13. The molecule has 3 aliphatic rings. The van der Waals surface area contributed by atoms with Gasteiger partial charge in [-0.1, -0.05) is 0 Å². The van der Waals surface area contributed by atoms with Gasteiger partial charge in [0, 0.05) is 49.2 Å². The fourth-order valence-electron chi connectivity index (χ4n) is 5.32. The maximum absolute atomic E-state index is 12.8. The van der Waals surface area contributed by atoms with Crippen LogP contribution in [0.2, 0.25) is 0 Å². The molecule has 1 unspecified atom stereocenters. The minimum absolute atomic E-state index is 0.00736. The molecule has 1 saturated heterocycles. The van der Waals surface area contributed by atoms with Crippen LogP contribution in [0.5, 0.6) is 5.75 Å². The number of imide groups is 1. The summed E-state index contributed by atoms with van der Waals surface area (Å²) in [5.74, 6) is 1.17. The van der Waals surface area contributed by atoms with Gasteiger partial charge in [-0.2, -0.15) is 5.10 Å². The predicted molar refractivity (Wildman–Crippen MR) is 150 cm³/mol. The van der Waals surface area contributed by atoms with E-state index in [0.29, 0.717) is 40.9 Å². The van der Waals surface area contributed by atoms with Crippen molar-refractivity contribution in [3.63, 3.8) is 0 Å². The summed E-state index contributed by atoms with van der Waals surface area (Å²) >= 11 is 0. The molecule has 4 amide bonds. The Morgan fingerprint density at radius 2 is 2.00 bits per heavy atom. The molecule has 1 aliphatic heterocycles. The van der Waals surface area contributed by atoms with Crippen molar-refractivity contribution in [3.8, 4) is 5.75 Å². The van der Waals surface area contributed by atoms with Gasteiger partial charge in [-0.3, -0.25) is 19.4 Å². The summed E-state index contributed by atoms with van der Waals surface area (Å²) in [6.07, 6.45) is 9.46. The van der Waals surface area contributed by atoms with Crippen LogP contribution in [0.1, 0.15) is 66.9 Å². The van der Waals surface area contributed by atoms with E-state index in [1.165, 1.54) is 18.1 Å². The van der Waals surface area contributed by atoms with E-state index in [2.05, 4.69) is 25.5 Å². The highest BCUT2D eigenvalue weighted by atomic mass is 16.5. The van der Waals surface area contributed by atoms with Gasteiger partial charge in [0.2, 0.25) is 11.8 Å². The Morgan fingerprint density at radius 3 is 2.74 bits per heavy atom. The second kappa shape index (κ2) is 9.86. The number of likely N-dealkylation sites (N-methyl/N-ethyl adjacent to an activating group) is 1. The second-order valence-corrected chi connectivity index (χ2v) is 11.2. The zero-order valence-corrected chi connectivity index (χ0v) is 23.4. The van der Waals surface area contributed by atoms with Crippen LogP contribution in [0.15, 0.2) is 43.0 Å². The number of hydrogen-bond donors (Lipinski definition) is 1. The van der Waals surface area contributed by atoms with Crippen LogP contribution in [0.25, 0.3) is 5.65 Å². The quantitative estimate of drug-likeness (QED) is 0.316. The Labute approximate surface area is 240 Å². The Balaban J connectivity index is 1.08. The third-order valence-electron chi connectivity index (χ3n) is 7.98. The van der Waals surface area contributed by atoms with Crippen LogP contribution in [0, 0.1) is 12.8 Å². The average Bonchev–Trinajstić information content (AvgIpc) is 3.90. The van der Waals surface area contributed by atoms with Gasteiger partial charge in [0.05, 0.1) is 17.6 Å². The largest absolute Gasteiger partial charge is 0.483 e. The number of urea groups is 1. The number of carbonyl (C=O) groups is 3. The number of rotatable bonds is 8. The Kier molecular flexibility index (Phi) is 6.10. The second-order valence-electron chi connectivity index (χ2n) is 11.2. The van der Waals surface area contributed by atoms with E-state index in [1.54, 1.807) is 12.3 Å². The maximum Gasteiger partial charge on any atom is 0.331 e. The van der Waals surface area contributed by atoms with E-state index >= 15 is 0 Å². The van der Waals surface area contributed by atoms with Crippen LogP contribution in [0.3, 0.4) is 0 Å². The van der Waals surface area contributed by atoms with Crippen molar-refractivity contribution < 1.29 is 19.1 Å². The number of pyridine rings is 1. The number of nitrogens with one attached hydrogen (secondary N) is 1. The fraction of sp³-hybridized carbons (Fsp3) is 0.379. The summed E-state index contributed by atoms with van der Waals surface area (Å²) < 4.78 is 8.05. The molecule has 1 N–H and O–H groups in total. The standard InChI is InChI=1S/C29H29N9O4/c1-15-6-7-30-26(32-15)20-10-21(20)28(40)34-24-9-19(11-31-35-24)42-16(2)22-13-37-12-18(17-4-5-17)8-23(27(37)33-22)38-14-25(39)36(3)29(38)41/h6-9,11-13,16-17,20-21H,4-5,10,14H2,1-3H3,(H,34,35,40)/t16?,20-,21-/m0/s1. The molecule has 42 heavy (non-hydrogen) atoms. The molecular weight excluding hydrogens is 538 g/mol. The predicted octanol–water partition coefficient (Wildman–Crippen LogP) is 3.38. The lowest BCUT2D eigenvalue weighted by molar-refractivity contribution is -0.124. The van der Waals surface area contributed by atoms with Gasteiger partial charge in [-0.15, -0.1) is 5.10 Å². The smallest absolute Gasteiger partial charge is 0.331 e. The lowest BCUT2D eigenvalue weighted by Crippen LogP contribution is -2.30. The fourth-order valence-corrected chi connectivity index (χ4v) is 5.32. The molecule has 13 heteroatoms. The van der Waals surface area contributed by atoms with Crippen LogP contribution in [-0.4, -0.2) is 65.9 Å². The topological polar surface area (TPSA) is 148 Å². The Morgan fingerprint density at radius 1 is 1.17 bits per heavy atom. The van der Waals surface area contributed by atoms with Crippen LogP contribution < -0.4 is 15.0 Å². The van der Waals surface area contributed by atoms with E-state index in [9.17, 15) is 14.4 Å². The van der Waals surface area contributed by atoms with Crippen LogP contribution in [-0.2, 0) is 9.59 Å². The first-order valence-electron chi connectivity index (χ1n) is 14.0. The number of fused-ring (bicyclic) bond motifs is 1. The number of imidazole rings is 1. The van der Waals surface area contributed by atoms with Gasteiger partial charge < -0.3 is 14.5 Å². The molecule has 0 aromatic carbocycles. The van der Waals surface area contributed by atoms with Gasteiger partial charge in [0.25, 0.3) is 0 Å². The SMILES string of the molecule is Cc1ccnc([C@H]2C[C@@H]2C(=O)Nc2cc(OC(C)c3cn4cc(C5CC5)cc(N5CC(=O)N(C)C5=O)c4n3)cnn2)n1. The molecule has 214 valence electrons. The molecule has 0 bridgehead atoms. The third-order valence-corrected chi connectivity index (χ3v) is 7.98. The monoisotopic (exact) mass is 567 g/mol. The Bertz CT molecular complexity index is 1750. The summed E-state index contributed by atoms with van der Waals surface area (Å²) in [4.78, 5) is 54.1. The molecule has 0 spiro atoms. The van der Waals surface area contributed by atoms with Crippen molar-refractivity contribution >= 4 is 35.0 Å². The van der Waals surface area contributed by atoms with E-state index in [-0.39, 0.29) is 42.0 Å². The van der Waals surface area contributed by atoms with E-state index in [0.717, 1.165) is 29.0 Å². The van der Waals surface area contributed by atoms with E-state index < -0.39 is 6.10 Å². The zero-order chi connectivity index (χ0) is 29.1. The lowest BCUT2D eigenvalue weighted by atomic mass is 10.1. The highest BCUT2D eigenvalue weighted by Gasteiger charge is 2.46. The lowest BCUT2D eigenvalue weighted by Gasteiger charge is -2.17. The normalized spacial score (nSPS) is 20.7. The zero-order valence-electron chi connectivity index (χ0n) is 23.4. The van der Waals surface area contributed by atoms with Gasteiger partial charge in [-0.25, -0.2) is 19.7 Å². The van der Waals surface area contributed by atoms with Crippen molar-refractivity contribution in [2.45, 2.75) is 51.0 Å². The number of amides is 4. The van der Waals surface area contributed by atoms with Gasteiger partial charge >= 0.3 is 6.03 Å². The van der Waals surface area contributed by atoms with E-state index in [4.69, 9.17) is 9.72 Å². The summed E-state index contributed by atoms with van der Waals surface area (Å²) in [5.41, 5.74) is 3.78. The maximum atomic E-state index is 12.8. The molecule has 0 radical (unpaired) electrons. The Hall–Kier alpha value is -4.94.